The van der Waals surface area contributed by atoms with Crippen LogP contribution in [0.4, 0.5) is 35.1 Å². The molecule has 30 heavy (non-hydrogen) atoms. The first-order valence-corrected chi connectivity index (χ1v) is 9.72. The zero-order valence-corrected chi connectivity index (χ0v) is 16.5. The smallest absolute Gasteiger partial charge is 0.378 e. The molecule has 2 aromatic heterocycles. The lowest BCUT2D eigenvalue weighted by Gasteiger charge is -2.36. The fourth-order valence-corrected chi connectivity index (χ4v) is 3.57. The molecular formula is C19H22F4N6O. The third-order valence-electron chi connectivity index (χ3n) is 5.18. The number of morpholine rings is 1. The SMILES string of the molecule is Cc1cc(N2CCOCC2)nc(N2CCN(c3ncc(C(F)(F)F)cc3F)CC2)n1. The van der Waals surface area contributed by atoms with Gasteiger partial charge in [-0.1, -0.05) is 0 Å². The van der Waals surface area contributed by atoms with E-state index in [0.29, 0.717) is 57.6 Å². The number of aromatic nitrogens is 3. The summed E-state index contributed by atoms with van der Waals surface area (Å²) in [5, 5.41) is 0. The number of anilines is 3. The molecule has 2 aliphatic heterocycles. The van der Waals surface area contributed by atoms with Crippen molar-refractivity contribution in [3.8, 4) is 0 Å². The minimum Gasteiger partial charge on any atom is -0.378 e. The van der Waals surface area contributed by atoms with Crippen LogP contribution in [0.1, 0.15) is 11.3 Å². The second-order valence-corrected chi connectivity index (χ2v) is 7.27. The quantitative estimate of drug-likeness (QED) is 0.699. The Bertz CT molecular complexity index is 895. The molecule has 0 N–H and O–H groups in total. The summed E-state index contributed by atoms with van der Waals surface area (Å²) in [6.45, 7) is 6.57. The number of hydrogen-bond acceptors (Lipinski definition) is 7. The Hall–Kier alpha value is -2.69. The van der Waals surface area contributed by atoms with Gasteiger partial charge in [-0.25, -0.2) is 14.4 Å². The van der Waals surface area contributed by atoms with Crippen molar-refractivity contribution in [2.24, 2.45) is 0 Å². The van der Waals surface area contributed by atoms with Crippen LogP contribution in [0.15, 0.2) is 18.3 Å². The van der Waals surface area contributed by atoms with E-state index in [0.717, 1.165) is 24.6 Å². The fourth-order valence-electron chi connectivity index (χ4n) is 3.57. The number of hydrogen-bond donors (Lipinski definition) is 0. The van der Waals surface area contributed by atoms with Gasteiger partial charge in [0.15, 0.2) is 11.6 Å². The molecule has 0 bridgehead atoms. The third kappa shape index (κ3) is 4.40. The maximum Gasteiger partial charge on any atom is 0.417 e. The molecule has 0 radical (unpaired) electrons. The minimum absolute atomic E-state index is 0.0678. The van der Waals surface area contributed by atoms with Crippen LogP contribution >= 0.6 is 0 Å². The highest BCUT2D eigenvalue weighted by molar-refractivity contribution is 5.48. The van der Waals surface area contributed by atoms with Gasteiger partial charge in [0, 0.05) is 57.2 Å². The molecule has 7 nitrogen and oxygen atoms in total. The number of piperazine rings is 1. The van der Waals surface area contributed by atoms with E-state index in [2.05, 4.69) is 19.9 Å². The van der Waals surface area contributed by atoms with Gasteiger partial charge in [-0.3, -0.25) is 0 Å². The second kappa shape index (κ2) is 8.21. The molecule has 0 aliphatic carbocycles. The molecule has 0 spiro atoms. The average Bonchev–Trinajstić information content (AvgIpc) is 2.73. The topological polar surface area (TPSA) is 57.6 Å². The van der Waals surface area contributed by atoms with Crippen molar-refractivity contribution in [2.75, 3.05) is 67.2 Å². The van der Waals surface area contributed by atoms with E-state index >= 15 is 0 Å². The van der Waals surface area contributed by atoms with Crippen molar-refractivity contribution in [1.29, 1.82) is 0 Å². The molecule has 2 saturated heterocycles. The molecule has 2 fully saturated rings. The summed E-state index contributed by atoms with van der Waals surface area (Å²) < 4.78 is 57.8. The summed E-state index contributed by atoms with van der Waals surface area (Å²) in [6, 6.07) is 2.43. The van der Waals surface area contributed by atoms with Gasteiger partial charge in [0.05, 0.1) is 18.8 Å². The summed E-state index contributed by atoms with van der Waals surface area (Å²) in [5.74, 6) is 0.400. The summed E-state index contributed by atoms with van der Waals surface area (Å²) in [5.41, 5.74) is -0.245. The fraction of sp³-hybridized carbons (Fsp3) is 0.526. The van der Waals surface area contributed by atoms with Crippen LogP contribution in [-0.4, -0.2) is 67.4 Å². The Morgan fingerprint density at radius 3 is 2.20 bits per heavy atom. The molecule has 0 amide bonds. The number of alkyl halides is 3. The van der Waals surface area contributed by atoms with E-state index in [-0.39, 0.29) is 5.82 Å². The molecule has 2 aliphatic rings. The zero-order chi connectivity index (χ0) is 21.3. The van der Waals surface area contributed by atoms with Crippen molar-refractivity contribution in [3.63, 3.8) is 0 Å². The molecule has 162 valence electrons. The number of aryl methyl sites for hydroxylation is 1. The van der Waals surface area contributed by atoms with Gasteiger partial charge < -0.3 is 19.4 Å². The van der Waals surface area contributed by atoms with Crippen molar-refractivity contribution >= 4 is 17.6 Å². The molecule has 0 unspecified atom stereocenters. The lowest BCUT2D eigenvalue weighted by molar-refractivity contribution is -0.138. The Kier molecular flexibility index (Phi) is 5.63. The predicted molar refractivity (Wildman–Crippen MR) is 103 cm³/mol. The van der Waals surface area contributed by atoms with Gasteiger partial charge >= 0.3 is 6.18 Å². The number of pyridine rings is 1. The summed E-state index contributed by atoms with van der Waals surface area (Å²) >= 11 is 0. The number of ether oxygens (including phenoxy) is 1. The van der Waals surface area contributed by atoms with Crippen LogP contribution in [0.2, 0.25) is 0 Å². The monoisotopic (exact) mass is 426 g/mol. The van der Waals surface area contributed by atoms with Crippen LogP contribution < -0.4 is 14.7 Å². The van der Waals surface area contributed by atoms with E-state index in [1.54, 1.807) is 4.90 Å². The van der Waals surface area contributed by atoms with Gasteiger partial charge in [-0.05, 0) is 13.0 Å². The van der Waals surface area contributed by atoms with Crippen LogP contribution in [-0.2, 0) is 10.9 Å². The Morgan fingerprint density at radius 2 is 1.57 bits per heavy atom. The summed E-state index contributed by atoms with van der Waals surface area (Å²) in [4.78, 5) is 18.7. The lowest BCUT2D eigenvalue weighted by Crippen LogP contribution is -2.48. The largest absolute Gasteiger partial charge is 0.417 e. The van der Waals surface area contributed by atoms with Gasteiger partial charge in [-0.15, -0.1) is 0 Å². The van der Waals surface area contributed by atoms with Crippen molar-refractivity contribution < 1.29 is 22.3 Å². The van der Waals surface area contributed by atoms with Gasteiger partial charge in [-0.2, -0.15) is 18.2 Å². The molecule has 4 rings (SSSR count). The molecule has 0 aromatic carbocycles. The highest BCUT2D eigenvalue weighted by Crippen LogP contribution is 2.31. The van der Waals surface area contributed by atoms with E-state index in [9.17, 15) is 17.6 Å². The number of rotatable bonds is 3. The molecule has 0 atom stereocenters. The predicted octanol–water partition coefficient (Wildman–Crippen LogP) is 2.50. The van der Waals surface area contributed by atoms with Crippen LogP contribution in [0.5, 0.6) is 0 Å². The molecule has 4 heterocycles. The van der Waals surface area contributed by atoms with Gasteiger partial charge in [0.1, 0.15) is 5.82 Å². The first-order valence-electron chi connectivity index (χ1n) is 9.72. The third-order valence-corrected chi connectivity index (χ3v) is 5.18. The minimum atomic E-state index is -4.62. The number of halogens is 4. The van der Waals surface area contributed by atoms with Crippen LogP contribution in [0.3, 0.4) is 0 Å². The first-order chi connectivity index (χ1) is 14.3. The summed E-state index contributed by atoms with van der Waals surface area (Å²) in [6.07, 6.45) is -3.95. The van der Waals surface area contributed by atoms with Crippen molar-refractivity contribution in [2.45, 2.75) is 13.1 Å². The van der Waals surface area contributed by atoms with Crippen molar-refractivity contribution in [1.82, 2.24) is 15.0 Å². The van der Waals surface area contributed by atoms with E-state index < -0.39 is 17.6 Å². The average molecular weight is 426 g/mol. The van der Waals surface area contributed by atoms with E-state index in [1.807, 2.05) is 17.9 Å². The van der Waals surface area contributed by atoms with E-state index in [1.165, 1.54) is 0 Å². The Labute approximate surface area is 171 Å². The van der Waals surface area contributed by atoms with Gasteiger partial charge in [0.2, 0.25) is 5.95 Å². The Balaban J connectivity index is 1.45. The molecule has 11 heteroatoms. The molecular weight excluding hydrogens is 404 g/mol. The first kappa shape index (κ1) is 20.6. The summed E-state index contributed by atoms with van der Waals surface area (Å²) in [7, 11) is 0. The molecule has 0 saturated carbocycles. The maximum absolute atomic E-state index is 14.2. The zero-order valence-electron chi connectivity index (χ0n) is 16.5. The maximum atomic E-state index is 14.2. The Morgan fingerprint density at radius 1 is 0.900 bits per heavy atom. The highest BCUT2D eigenvalue weighted by Gasteiger charge is 2.33. The standard InChI is InChI=1S/C19H22F4N6O/c1-13-10-16(27-6-8-30-9-7-27)26-18(25-13)29-4-2-28(3-5-29)17-15(20)11-14(12-24-17)19(21,22)23/h10-12H,2-9H2,1H3. The lowest BCUT2D eigenvalue weighted by atomic mass is 10.2. The van der Waals surface area contributed by atoms with E-state index in [4.69, 9.17) is 4.74 Å². The van der Waals surface area contributed by atoms with Gasteiger partial charge in [0.25, 0.3) is 0 Å². The second-order valence-electron chi connectivity index (χ2n) is 7.27. The highest BCUT2D eigenvalue weighted by atomic mass is 19.4. The normalized spacial score (nSPS) is 18.1. The number of nitrogens with zero attached hydrogens (tertiary/aromatic N) is 6. The van der Waals surface area contributed by atoms with Crippen LogP contribution in [0, 0.1) is 12.7 Å². The van der Waals surface area contributed by atoms with Crippen molar-refractivity contribution in [3.05, 3.63) is 35.4 Å². The van der Waals surface area contributed by atoms with Crippen LogP contribution in [0.25, 0.3) is 0 Å². The molecule has 2 aromatic rings.